The van der Waals surface area contributed by atoms with Crippen LogP contribution in [0, 0.1) is 5.41 Å². The summed E-state index contributed by atoms with van der Waals surface area (Å²) in [5.41, 5.74) is 2.22. The van der Waals surface area contributed by atoms with Crippen molar-refractivity contribution in [3.63, 3.8) is 0 Å². The van der Waals surface area contributed by atoms with Crippen molar-refractivity contribution in [2.24, 2.45) is 9.81 Å². The maximum Gasteiger partial charge on any atom is 0.407 e. The Morgan fingerprint density at radius 2 is 2.08 bits per heavy atom. The Kier molecular flexibility index (Phi) is 4.77. The van der Waals surface area contributed by atoms with E-state index in [0.717, 1.165) is 17.0 Å². The summed E-state index contributed by atoms with van der Waals surface area (Å²) in [5.74, 6) is 0. The van der Waals surface area contributed by atoms with E-state index in [1.165, 1.54) is 4.90 Å². The quantitative estimate of drug-likeness (QED) is 0.753. The number of rotatable bonds is 1. The summed E-state index contributed by atoms with van der Waals surface area (Å²) >= 11 is 4.73. The first-order chi connectivity index (χ1) is 11.6. The number of carbonyl (C=O) groups is 1. The second-order valence-corrected chi connectivity index (χ2v) is 10.0. The van der Waals surface area contributed by atoms with Gasteiger partial charge in [-0.3, -0.25) is 4.98 Å². The summed E-state index contributed by atoms with van der Waals surface area (Å²) in [6.07, 6.45) is 2.70. The van der Waals surface area contributed by atoms with Crippen LogP contribution in [0.3, 0.4) is 0 Å². The molecule has 2 aliphatic rings. The van der Waals surface area contributed by atoms with E-state index >= 15 is 0 Å². The summed E-state index contributed by atoms with van der Waals surface area (Å²) < 4.78 is 16.8. The Bertz CT molecular complexity index is 724. The molecule has 136 valence electrons. The van der Waals surface area contributed by atoms with Crippen LogP contribution >= 0.6 is 11.6 Å². The molecule has 0 radical (unpaired) electrons. The Morgan fingerprint density at radius 3 is 2.64 bits per heavy atom. The standard InChI is InChI=1S/C17H22ClN3O3S/c1-16(2,3)25(24)20-14-12-8-11(18)10-19-13(12)9-17(14)4-6-21(7-5-17)15(22)23/h8,10H,4-7,9H2,1-3H3,(H,22,23)/b20-14+. The number of nitrogens with zero attached hydrogens (tertiary/aromatic N) is 3. The van der Waals surface area contributed by atoms with Gasteiger partial charge in [0.05, 0.1) is 10.7 Å². The number of halogens is 1. The molecule has 3 rings (SSSR count). The number of carboxylic acid groups (broad SMARTS) is 1. The zero-order chi connectivity index (χ0) is 18.4. The molecule has 1 spiro atoms. The molecule has 8 heteroatoms. The summed E-state index contributed by atoms with van der Waals surface area (Å²) in [6.45, 7) is 6.55. The van der Waals surface area contributed by atoms with Gasteiger partial charge in [-0.25, -0.2) is 4.79 Å². The molecule has 25 heavy (non-hydrogen) atoms. The van der Waals surface area contributed by atoms with E-state index in [9.17, 15) is 14.5 Å². The largest absolute Gasteiger partial charge is 0.591 e. The summed E-state index contributed by atoms with van der Waals surface area (Å²) in [5, 5.41) is 9.74. The van der Waals surface area contributed by atoms with Crippen molar-refractivity contribution in [1.29, 1.82) is 0 Å². The number of piperidine rings is 1. The highest BCUT2D eigenvalue weighted by Gasteiger charge is 2.48. The average molecular weight is 384 g/mol. The van der Waals surface area contributed by atoms with Crippen molar-refractivity contribution >= 4 is 34.8 Å². The lowest BCUT2D eigenvalue weighted by molar-refractivity contribution is 0.114. The van der Waals surface area contributed by atoms with E-state index < -0.39 is 22.2 Å². The van der Waals surface area contributed by atoms with Gasteiger partial charge < -0.3 is 14.6 Å². The Labute approximate surface area is 155 Å². The molecule has 1 aliphatic heterocycles. The second kappa shape index (κ2) is 6.45. The van der Waals surface area contributed by atoms with E-state index in [2.05, 4.69) is 9.38 Å². The lowest BCUT2D eigenvalue weighted by Crippen LogP contribution is -2.45. The van der Waals surface area contributed by atoms with E-state index in [1.807, 2.05) is 26.8 Å². The molecule has 1 aliphatic carbocycles. The normalized spacial score (nSPS) is 22.3. The fourth-order valence-electron chi connectivity index (χ4n) is 3.41. The minimum absolute atomic E-state index is 0.313. The highest BCUT2D eigenvalue weighted by Crippen LogP contribution is 2.45. The van der Waals surface area contributed by atoms with Crippen molar-refractivity contribution < 1.29 is 14.5 Å². The predicted molar refractivity (Wildman–Crippen MR) is 98.6 cm³/mol. The molecule has 1 N–H and O–H groups in total. The fourth-order valence-corrected chi connectivity index (χ4v) is 4.30. The van der Waals surface area contributed by atoms with E-state index in [4.69, 9.17) is 11.6 Å². The zero-order valence-electron chi connectivity index (χ0n) is 14.6. The topological polar surface area (TPSA) is 88.9 Å². The maximum absolute atomic E-state index is 12.7. The van der Waals surface area contributed by atoms with Gasteiger partial charge in [0.25, 0.3) is 0 Å². The van der Waals surface area contributed by atoms with Crippen molar-refractivity contribution in [2.75, 3.05) is 13.1 Å². The minimum atomic E-state index is -1.40. The van der Waals surface area contributed by atoms with Gasteiger partial charge in [-0.2, -0.15) is 0 Å². The van der Waals surface area contributed by atoms with E-state index in [0.29, 0.717) is 37.4 Å². The number of fused-ring (bicyclic) bond motifs is 1. The molecule has 0 saturated carbocycles. The Morgan fingerprint density at radius 1 is 1.44 bits per heavy atom. The highest BCUT2D eigenvalue weighted by molar-refractivity contribution is 7.91. The van der Waals surface area contributed by atoms with Gasteiger partial charge in [0.15, 0.2) is 0 Å². The van der Waals surface area contributed by atoms with Crippen LogP contribution < -0.4 is 0 Å². The first kappa shape index (κ1) is 18.5. The maximum atomic E-state index is 12.7. The van der Waals surface area contributed by atoms with Crippen LogP contribution in [0.25, 0.3) is 0 Å². The molecular formula is C17H22ClN3O3S. The van der Waals surface area contributed by atoms with E-state index in [-0.39, 0.29) is 5.41 Å². The first-order valence-corrected chi connectivity index (χ1v) is 9.75. The number of aromatic nitrogens is 1. The number of pyridine rings is 1. The lowest BCUT2D eigenvalue weighted by atomic mass is 9.75. The third kappa shape index (κ3) is 3.50. The van der Waals surface area contributed by atoms with Crippen LogP contribution in [0.5, 0.6) is 0 Å². The molecule has 6 nitrogen and oxygen atoms in total. The fraction of sp³-hybridized carbons (Fsp3) is 0.588. The van der Waals surface area contributed by atoms with Crippen LogP contribution in [0.4, 0.5) is 4.79 Å². The summed E-state index contributed by atoms with van der Waals surface area (Å²) in [7, 11) is 0. The predicted octanol–water partition coefficient (Wildman–Crippen LogP) is 3.30. The summed E-state index contributed by atoms with van der Waals surface area (Å²) in [6, 6.07) is 1.83. The molecule has 1 aromatic heterocycles. The van der Waals surface area contributed by atoms with Crippen molar-refractivity contribution in [2.45, 2.75) is 44.8 Å². The highest BCUT2D eigenvalue weighted by atomic mass is 35.5. The lowest BCUT2D eigenvalue weighted by Gasteiger charge is -2.38. The first-order valence-electron chi connectivity index (χ1n) is 8.26. The molecule has 1 atom stereocenters. The molecule has 1 fully saturated rings. The zero-order valence-corrected chi connectivity index (χ0v) is 16.2. The number of hydrogen-bond acceptors (Lipinski definition) is 4. The van der Waals surface area contributed by atoms with Crippen LogP contribution in [-0.4, -0.2) is 49.2 Å². The van der Waals surface area contributed by atoms with Gasteiger partial charge in [0.1, 0.15) is 21.8 Å². The Balaban J connectivity index is 2.01. The molecule has 1 amide bonds. The number of likely N-dealkylation sites (tertiary alicyclic amines) is 1. The van der Waals surface area contributed by atoms with Crippen molar-refractivity contribution in [1.82, 2.24) is 9.88 Å². The van der Waals surface area contributed by atoms with Crippen molar-refractivity contribution in [3.05, 3.63) is 28.5 Å². The molecule has 0 aromatic carbocycles. The molecule has 1 aromatic rings. The van der Waals surface area contributed by atoms with Crippen molar-refractivity contribution in [3.8, 4) is 0 Å². The van der Waals surface area contributed by atoms with Gasteiger partial charge in [-0.1, -0.05) is 16.0 Å². The van der Waals surface area contributed by atoms with Crippen LogP contribution in [0.2, 0.25) is 5.02 Å². The molecule has 0 bridgehead atoms. The molecule has 2 heterocycles. The SMILES string of the molecule is CC(C)(C)[S+]([O-])/N=C1\c2cc(Cl)cnc2CC12CCN(C(=O)O)CC2. The van der Waals surface area contributed by atoms with Crippen LogP contribution in [0.15, 0.2) is 16.7 Å². The molecular weight excluding hydrogens is 362 g/mol. The van der Waals surface area contributed by atoms with E-state index in [1.54, 1.807) is 6.20 Å². The average Bonchev–Trinajstić information content (AvgIpc) is 2.80. The summed E-state index contributed by atoms with van der Waals surface area (Å²) in [4.78, 5) is 17.1. The third-order valence-electron chi connectivity index (χ3n) is 4.89. The van der Waals surface area contributed by atoms with Gasteiger partial charge >= 0.3 is 6.09 Å². The monoisotopic (exact) mass is 383 g/mol. The Hall–Kier alpha value is -1.31. The minimum Gasteiger partial charge on any atom is -0.591 e. The van der Waals surface area contributed by atoms with Gasteiger partial charge in [-0.15, -0.1) is 0 Å². The van der Waals surface area contributed by atoms with Gasteiger partial charge in [0.2, 0.25) is 0 Å². The smallest absolute Gasteiger partial charge is 0.407 e. The van der Waals surface area contributed by atoms with Crippen LogP contribution in [0.1, 0.15) is 44.9 Å². The molecule has 1 saturated heterocycles. The van der Waals surface area contributed by atoms with Gasteiger partial charge in [-0.05, 0) is 39.7 Å². The number of amides is 1. The van der Waals surface area contributed by atoms with Gasteiger partial charge in [0, 0.05) is 36.7 Å². The van der Waals surface area contributed by atoms with Crippen LogP contribution in [-0.2, 0) is 17.8 Å². The third-order valence-corrected chi connectivity index (χ3v) is 6.49. The number of hydrogen-bond donors (Lipinski definition) is 1. The molecule has 1 unspecified atom stereocenters. The second-order valence-electron chi connectivity index (χ2n) is 7.68.